The van der Waals surface area contributed by atoms with E-state index in [9.17, 15) is 4.79 Å². The van der Waals surface area contributed by atoms with Crippen molar-refractivity contribution in [2.45, 2.75) is 39.3 Å². The molecule has 0 saturated heterocycles. The van der Waals surface area contributed by atoms with Crippen molar-refractivity contribution >= 4 is 35.8 Å². The third kappa shape index (κ3) is 6.14. The van der Waals surface area contributed by atoms with E-state index in [0.717, 1.165) is 6.54 Å². The van der Waals surface area contributed by atoms with E-state index in [2.05, 4.69) is 20.9 Å². The highest BCUT2D eigenvalue weighted by atomic mass is 127. The second-order valence-electron chi connectivity index (χ2n) is 4.89. The zero-order chi connectivity index (χ0) is 11.5. The molecule has 0 aromatic rings. The van der Waals surface area contributed by atoms with Gasteiger partial charge in [0, 0.05) is 11.6 Å². The normalized spacial score (nSPS) is 19.2. The van der Waals surface area contributed by atoms with Gasteiger partial charge in [0.2, 0.25) is 5.91 Å². The van der Waals surface area contributed by atoms with Gasteiger partial charge in [0.1, 0.15) is 0 Å². The molecular weight excluding hydrogens is 319 g/mol. The Hall–Kier alpha value is -0.530. The molecule has 0 radical (unpaired) electrons. The van der Waals surface area contributed by atoms with E-state index < -0.39 is 0 Å². The standard InChI is InChI=1S/C10H20N4O.HI/c1-7-5-11-9(13-7)12-6-8(15)14-10(2,3)4;/h7H,5-6H2,1-4H3,(H,14,15)(H2,11,12,13);1H. The Kier molecular flexibility index (Phi) is 6.06. The van der Waals surface area contributed by atoms with E-state index in [0.29, 0.717) is 12.0 Å². The molecule has 0 saturated carbocycles. The predicted molar refractivity (Wildman–Crippen MR) is 76.2 cm³/mol. The zero-order valence-electron chi connectivity index (χ0n) is 10.3. The number of aliphatic imine (C=N–C) groups is 1. The average Bonchev–Trinajstić information content (AvgIpc) is 2.45. The number of nitrogens with zero attached hydrogens (tertiary/aromatic N) is 1. The number of hydrogen-bond donors (Lipinski definition) is 3. The van der Waals surface area contributed by atoms with Crippen molar-refractivity contribution in [3.05, 3.63) is 0 Å². The molecule has 0 aliphatic carbocycles. The molecule has 1 heterocycles. The van der Waals surface area contributed by atoms with E-state index in [1.807, 2.05) is 27.7 Å². The van der Waals surface area contributed by atoms with Gasteiger partial charge >= 0.3 is 0 Å². The summed E-state index contributed by atoms with van der Waals surface area (Å²) in [5, 5.41) is 8.96. The SMILES string of the molecule is CC1CN=C(NCC(=O)NC(C)(C)C)N1.I. The minimum absolute atomic E-state index is 0. The largest absolute Gasteiger partial charge is 0.352 e. The van der Waals surface area contributed by atoms with E-state index in [1.54, 1.807) is 0 Å². The summed E-state index contributed by atoms with van der Waals surface area (Å²) in [4.78, 5) is 15.6. The number of rotatable bonds is 2. The maximum Gasteiger partial charge on any atom is 0.239 e. The van der Waals surface area contributed by atoms with Gasteiger partial charge in [0.15, 0.2) is 5.96 Å². The number of hydrogen-bond acceptors (Lipinski definition) is 4. The van der Waals surface area contributed by atoms with Crippen LogP contribution in [0.1, 0.15) is 27.7 Å². The lowest BCUT2D eigenvalue weighted by molar-refractivity contribution is -0.121. The maximum atomic E-state index is 11.4. The summed E-state index contributed by atoms with van der Waals surface area (Å²) in [5.41, 5.74) is -0.184. The van der Waals surface area contributed by atoms with E-state index in [-0.39, 0.29) is 42.0 Å². The van der Waals surface area contributed by atoms with Crippen LogP contribution in [0.4, 0.5) is 0 Å². The van der Waals surface area contributed by atoms with Crippen LogP contribution >= 0.6 is 24.0 Å². The Morgan fingerprint density at radius 2 is 2.19 bits per heavy atom. The summed E-state index contributed by atoms with van der Waals surface area (Å²) in [7, 11) is 0. The van der Waals surface area contributed by atoms with Crippen molar-refractivity contribution in [3.8, 4) is 0 Å². The van der Waals surface area contributed by atoms with E-state index in [4.69, 9.17) is 0 Å². The molecule has 1 amide bonds. The Labute approximate surface area is 114 Å². The summed E-state index contributed by atoms with van der Waals surface area (Å²) < 4.78 is 0. The first-order valence-electron chi connectivity index (χ1n) is 5.23. The Bertz CT molecular complexity index is 272. The van der Waals surface area contributed by atoms with Gasteiger partial charge in [-0.1, -0.05) is 0 Å². The molecule has 5 nitrogen and oxygen atoms in total. The first-order valence-corrected chi connectivity index (χ1v) is 5.23. The van der Waals surface area contributed by atoms with Crippen molar-refractivity contribution in [3.63, 3.8) is 0 Å². The molecule has 0 fully saturated rings. The zero-order valence-corrected chi connectivity index (χ0v) is 12.6. The lowest BCUT2D eigenvalue weighted by Crippen LogP contribution is -2.48. The second-order valence-corrected chi connectivity index (χ2v) is 4.89. The molecule has 1 atom stereocenters. The van der Waals surface area contributed by atoms with Gasteiger partial charge in [0.05, 0.1) is 13.1 Å². The first kappa shape index (κ1) is 15.5. The fourth-order valence-corrected chi connectivity index (χ4v) is 1.29. The van der Waals surface area contributed by atoms with Crippen LogP contribution in [0.25, 0.3) is 0 Å². The molecule has 0 bridgehead atoms. The molecule has 1 aliphatic heterocycles. The summed E-state index contributed by atoms with van der Waals surface area (Å²) in [6, 6.07) is 0.359. The third-order valence-electron chi connectivity index (χ3n) is 1.84. The van der Waals surface area contributed by atoms with Crippen molar-refractivity contribution in [1.29, 1.82) is 0 Å². The van der Waals surface area contributed by atoms with E-state index >= 15 is 0 Å². The van der Waals surface area contributed by atoms with Gasteiger partial charge in [-0.05, 0) is 27.7 Å². The number of guanidine groups is 1. The smallest absolute Gasteiger partial charge is 0.239 e. The van der Waals surface area contributed by atoms with Gasteiger partial charge in [-0.3, -0.25) is 9.79 Å². The van der Waals surface area contributed by atoms with E-state index in [1.165, 1.54) is 0 Å². The third-order valence-corrected chi connectivity index (χ3v) is 1.84. The van der Waals surface area contributed by atoms with Gasteiger partial charge in [-0.25, -0.2) is 0 Å². The molecule has 1 aliphatic rings. The second kappa shape index (κ2) is 6.27. The van der Waals surface area contributed by atoms with Crippen molar-refractivity contribution in [1.82, 2.24) is 16.0 Å². The number of carbonyl (C=O) groups excluding carboxylic acids is 1. The topological polar surface area (TPSA) is 65.5 Å². The molecule has 16 heavy (non-hydrogen) atoms. The first-order chi connectivity index (χ1) is 6.87. The summed E-state index contributed by atoms with van der Waals surface area (Å²) >= 11 is 0. The monoisotopic (exact) mass is 340 g/mol. The summed E-state index contributed by atoms with van der Waals surface area (Å²) in [6.07, 6.45) is 0. The van der Waals surface area contributed by atoms with Crippen LogP contribution in [-0.4, -0.2) is 36.5 Å². The molecule has 3 N–H and O–H groups in total. The lowest BCUT2D eigenvalue weighted by Gasteiger charge is -2.20. The number of carbonyl (C=O) groups is 1. The fraction of sp³-hybridized carbons (Fsp3) is 0.800. The highest BCUT2D eigenvalue weighted by Crippen LogP contribution is 1.97. The van der Waals surface area contributed by atoms with Gasteiger partial charge in [0.25, 0.3) is 0 Å². The molecule has 0 aromatic heterocycles. The van der Waals surface area contributed by atoms with Gasteiger partial charge in [-0.15, -0.1) is 24.0 Å². The number of halogens is 1. The molecule has 6 heteroatoms. The van der Waals surface area contributed by atoms with Crippen LogP contribution in [-0.2, 0) is 4.79 Å². The number of nitrogens with one attached hydrogen (secondary N) is 3. The highest BCUT2D eigenvalue weighted by Gasteiger charge is 2.16. The Balaban J connectivity index is 0.00000225. The molecule has 1 unspecified atom stereocenters. The predicted octanol–water partition coefficient (Wildman–Crippen LogP) is 0.456. The molecule has 1 rings (SSSR count). The Morgan fingerprint density at radius 1 is 1.56 bits per heavy atom. The molecular formula is C10H21IN4O. The van der Waals surface area contributed by atoms with Crippen molar-refractivity contribution in [2.75, 3.05) is 13.1 Å². The molecule has 94 valence electrons. The molecule has 0 aromatic carbocycles. The fourth-order valence-electron chi connectivity index (χ4n) is 1.29. The quantitative estimate of drug-likeness (QED) is 0.640. The minimum atomic E-state index is -0.184. The van der Waals surface area contributed by atoms with Crippen LogP contribution in [0, 0.1) is 0 Å². The average molecular weight is 340 g/mol. The van der Waals surface area contributed by atoms with Crippen LogP contribution in [0.2, 0.25) is 0 Å². The summed E-state index contributed by atoms with van der Waals surface area (Å²) in [5.74, 6) is 0.693. The minimum Gasteiger partial charge on any atom is -0.352 e. The highest BCUT2D eigenvalue weighted by molar-refractivity contribution is 14.0. The van der Waals surface area contributed by atoms with Gasteiger partial charge in [-0.2, -0.15) is 0 Å². The van der Waals surface area contributed by atoms with Crippen LogP contribution < -0.4 is 16.0 Å². The van der Waals surface area contributed by atoms with Crippen LogP contribution in [0.15, 0.2) is 4.99 Å². The van der Waals surface area contributed by atoms with Crippen molar-refractivity contribution in [2.24, 2.45) is 4.99 Å². The van der Waals surface area contributed by atoms with Gasteiger partial charge < -0.3 is 16.0 Å². The molecule has 0 spiro atoms. The maximum absolute atomic E-state index is 11.4. The Morgan fingerprint density at radius 3 is 2.62 bits per heavy atom. The van der Waals surface area contributed by atoms with Crippen LogP contribution in [0.5, 0.6) is 0 Å². The number of amides is 1. The van der Waals surface area contributed by atoms with Crippen molar-refractivity contribution < 1.29 is 4.79 Å². The summed E-state index contributed by atoms with van der Waals surface area (Å²) in [6.45, 7) is 8.95. The lowest BCUT2D eigenvalue weighted by atomic mass is 10.1. The van der Waals surface area contributed by atoms with Crippen LogP contribution in [0.3, 0.4) is 0 Å².